The first kappa shape index (κ1) is 36.3. The molecule has 44 heavy (non-hydrogen) atoms. The third kappa shape index (κ3) is 11.0. The Bertz CT molecular complexity index is 1410. The van der Waals surface area contributed by atoms with Crippen molar-refractivity contribution in [3.05, 3.63) is 71.8 Å². The molecule has 8 N–H and O–H groups in total. The van der Waals surface area contributed by atoms with Crippen LogP contribution in [0.1, 0.15) is 20.7 Å². The maximum absolute atomic E-state index is 13.0. The minimum atomic E-state index is -5.88. The number of benzene rings is 2. The molecule has 0 radical (unpaired) electrons. The second-order valence-corrected chi connectivity index (χ2v) is 13.5. The number of carbonyl (C=O) groups is 2. The second kappa shape index (κ2) is 14.1. The number of ether oxygens (including phenoxy) is 2. The van der Waals surface area contributed by atoms with Gasteiger partial charge in [-0.2, -0.15) is 0 Å². The Balaban J connectivity index is 2.30. The quantitative estimate of drug-likeness (QED) is 0.109. The summed E-state index contributed by atoms with van der Waals surface area (Å²) in [5.74, 6) is -2.82. The molecule has 0 saturated heterocycles. The van der Waals surface area contributed by atoms with Gasteiger partial charge < -0.3 is 48.6 Å². The van der Waals surface area contributed by atoms with Crippen LogP contribution >= 0.6 is 31.3 Å². The highest BCUT2D eigenvalue weighted by atomic mass is 31.2. The summed E-state index contributed by atoms with van der Waals surface area (Å²) in [6.07, 6.45) is -16.3. The highest BCUT2D eigenvalue weighted by Crippen LogP contribution is 2.53. The summed E-state index contributed by atoms with van der Waals surface area (Å²) in [4.78, 5) is 103. The van der Waals surface area contributed by atoms with Crippen molar-refractivity contribution in [1.29, 1.82) is 0 Å². The fourth-order valence-corrected chi connectivity index (χ4v) is 6.26. The van der Waals surface area contributed by atoms with Crippen molar-refractivity contribution in [1.82, 2.24) is 0 Å². The van der Waals surface area contributed by atoms with Crippen LogP contribution in [0, 0.1) is 0 Å². The minimum absolute atomic E-state index is 0.295. The first-order valence-electron chi connectivity index (χ1n) is 11.6. The van der Waals surface area contributed by atoms with Gasteiger partial charge in [-0.3, -0.25) is 18.1 Å². The predicted molar refractivity (Wildman–Crippen MR) is 139 cm³/mol. The molecule has 2 unspecified atom stereocenters. The van der Waals surface area contributed by atoms with E-state index in [-0.39, 0.29) is 11.1 Å². The van der Waals surface area contributed by atoms with Crippen molar-refractivity contribution >= 4 is 43.2 Å². The summed E-state index contributed by atoms with van der Waals surface area (Å²) in [7, 11) is -23.5. The van der Waals surface area contributed by atoms with Crippen LogP contribution in [0.15, 0.2) is 60.7 Å². The molecule has 3 rings (SSSR count). The zero-order valence-corrected chi connectivity index (χ0v) is 25.1. The van der Waals surface area contributed by atoms with E-state index in [2.05, 4.69) is 18.1 Å². The molecule has 2 aromatic carbocycles. The third-order valence-electron chi connectivity index (χ3n) is 5.48. The zero-order valence-electron chi connectivity index (χ0n) is 21.5. The van der Waals surface area contributed by atoms with Crippen LogP contribution in [0.2, 0.25) is 0 Å². The average Bonchev–Trinajstić information content (AvgIpc) is 2.88. The number of hydrogen-bond acceptors (Lipinski definition) is 12. The van der Waals surface area contributed by atoms with Crippen molar-refractivity contribution in [3.8, 4) is 0 Å². The number of esters is 2. The topological polar surface area (TPSA) is 320 Å². The molecule has 0 aromatic heterocycles. The molecular formula is C20H24O20P4. The number of phosphoric ester groups is 4. The number of carbonyl (C=O) groups excluding carboxylic acids is 2. The molecule has 0 amide bonds. The third-order valence-corrected chi connectivity index (χ3v) is 7.56. The molecule has 2 aromatic rings. The van der Waals surface area contributed by atoms with E-state index in [0.29, 0.717) is 0 Å². The molecule has 1 saturated carbocycles. The van der Waals surface area contributed by atoms with Gasteiger partial charge in [-0.05, 0) is 24.3 Å². The summed E-state index contributed by atoms with van der Waals surface area (Å²) in [6, 6.07) is 12.9. The van der Waals surface area contributed by atoms with Gasteiger partial charge in [0, 0.05) is 0 Å². The van der Waals surface area contributed by atoms with Crippen molar-refractivity contribution in [2.75, 3.05) is 0 Å². The van der Waals surface area contributed by atoms with Gasteiger partial charge in [0.05, 0.1) is 11.1 Å². The molecule has 0 spiro atoms. The van der Waals surface area contributed by atoms with Crippen molar-refractivity contribution in [2.24, 2.45) is 0 Å². The van der Waals surface area contributed by atoms with Crippen molar-refractivity contribution in [3.63, 3.8) is 0 Å². The minimum Gasteiger partial charge on any atom is -0.453 e. The maximum Gasteiger partial charge on any atom is 0.470 e. The molecule has 20 nitrogen and oxygen atoms in total. The van der Waals surface area contributed by atoms with Crippen LogP contribution < -0.4 is 0 Å². The molecule has 0 bridgehead atoms. The van der Waals surface area contributed by atoms with E-state index in [1.165, 1.54) is 36.4 Å². The van der Waals surface area contributed by atoms with E-state index in [4.69, 9.17) is 9.47 Å². The van der Waals surface area contributed by atoms with Crippen molar-refractivity contribution in [2.45, 2.75) is 36.6 Å². The fourth-order valence-electron chi connectivity index (χ4n) is 4.04. The van der Waals surface area contributed by atoms with Gasteiger partial charge in [-0.1, -0.05) is 36.4 Å². The Hall–Kier alpha value is -2.18. The molecule has 1 fully saturated rings. The smallest absolute Gasteiger partial charge is 0.453 e. The largest absolute Gasteiger partial charge is 0.470 e. The van der Waals surface area contributed by atoms with Gasteiger partial charge in [0.25, 0.3) is 0 Å². The zero-order chi connectivity index (χ0) is 33.1. The highest BCUT2D eigenvalue weighted by molar-refractivity contribution is 7.47. The lowest BCUT2D eigenvalue weighted by molar-refractivity contribution is -0.209. The van der Waals surface area contributed by atoms with E-state index in [1.54, 1.807) is 0 Å². The van der Waals surface area contributed by atoms with Crippen LogP contribution in [0.3, 0.4) is 0 Å². The SMILES string of the molecule is O=C(O[C@@H]1C(OP(=O)(O)O)[C@H](OC(=O)c2ccccc2)[C@H](OP(=O)(O)O)C(OP(=O)(O)O)[C@H]1OP(=O)(O)O)c1ccccc1. The van der Waals surface area contributed by atoms with Crippen molar-refractivity contribution < 1.29 is 94.6 Å². The summed E-state index contributed by atoms with van der Waals surface area (Å²) in [5, 5.41) is 0. The molecule has 244 valence electrons. The van der Waals surface area contributed by atoms with Gasteiger partial charge in [-0.15, -0.1) is 0 Å². The van der Waals surface area contributed by atoms with Crippen LogP contribution in [-0.4, -0.2) is 87.7 Å². The van der Waals surface area contributed by atoms with E-state index >= 15 is 0 Å². The van der Waals surface area contributed by atoms with Crippen LogP contribution in [0.25, 0.3) is 0 Å². The van der Waals surface area contributed by atoms with Gasteiger partial charge in [0.2, 0.25) is 0 Å². The van der Waals surface area contributed by atoms with Gasteiger partial charge in [-0.25, -0.2) is 27.8 Å². The Morgan fingerprint density at radius 2 is 0.659 bits per heavy atom. The average molecular weight is 708 g/mol. The Kier molecular flexibility index (Phi) is 11.6. The predicted octanol–water partition coefficient (Wildman–Crippen LogP) is 0.363. The summed E-state index contributed by atoms with van der Waals surface area (Å²) < 4.78 is 76.5. The highest BCUT2D eigenvalue weighted by Gasteiger charge is 2.62. The summed E-state index contributed by atoms with van der Waals surface area (Å²) in [6.45, 7) is 0. The first-order valence-corrected chi connectivity index (χ1v) is 17.7. The number of phosphoric acid groups is 4. The molecule has 24 heteroatoms. The lowest BCUT2D eigenvalue weighted by Crippen LogP contribution is -2.67. The van der Waals surface area contributed by atoms with Gasteiger partial charge in [0.15, 0.2) is 12.2 Å². The van der Waals surface area contributed by atoms with Gasteiger partial charge >= 0.3 is 43.2 Å². The molecule has 0 aliphatic heterocycles. The van der Waals surface area contributed by atoms with Gasteiger partial charge in [0.1, 0.15) is 24.4 Å². The van der Waals surface area contributed by atoms with Crippen LogP contribution in [0.5, 0.6) is 0 Å². The second-order valence-electron chi connectivity index (χ2n) is 8.71. The summed E-state index contributed by atoms with van der Waals surface area (Å²) in [5.41, 5.74) is -0.590. The molecule has 1 aliphatic carbocycles. The number of hydrogen-bond donors (Lipinski definition) is 8. The molecule has 1 aliphatic rings. The molecular weight excluding hydrogens is 684 g/mol. The summed E-state index contributed by atoms with van der Waals surface area (Å²) >= 11 is 0. The van der Waals surface area contributed by atoms with Crippen LogP contribution in [-0.2, 0) is 45.8 Å². The Morgan fingerprint density at radius 1 is 0.432 bits per heavy atom. The fraction of sp³-hybridized carbons (Fsp3) is 0.300. The Labute approximate surface area is 246 Å². The number of rotatable bonds is 12. The lowest BCUT2D eigenvalue weighted by Gasteiger charge is -2.47. The van der Waals surface area contributed by atoms with E-state index in [9.17, 15) is 67.0 Å². The first-order chi connectivity index (χ1) is 20.1. The normalized spacial score (nSPS) is 24.8. The monoisotopic (exact) mass is 708 g/mol. The molecule has 0 heterocycles. The lowest BCUT2D eigenvalue weighted by atomic mass is 9.84. The maximum atomic E-state index is 13.0. The molecule has 6 atom stereocenters. The van der Waals surface area contributed by atoms with E-state index < -0.39 is 79.9 Å². The van der Waals surface area contributed by atoms with E-state index in [0.717, 1.165) is 24.3 Å². The van der Waals surface area contributed by atoms with Crippen LogP contribution in [0.4, 0.5) is 0 Å². The standard InChI is InChI=1S/C20H24O20P4/c21-19(11-7-3-1-4-8-11)35-13-15(37-41(23,24)25)14(36-20(22)12-9-5-2-6-10-12)17(39-43(29,30)31)18(40-44(32,33)34)16(13)38-42(26,27)28/h1-10,13-18H,(H2,23,24,25)(H2,26,27,28)(H2,29,30,31)(H2,32,33,34)/t13-,14+,15?,16-,17-,18?/m0/s1. The Morgan fingerprint density at radius 3 is 0.909 bits per heavy atom. The van der Waals surface area contributed by atoms with E-state index in [1.807, 2.05) is 0 Å².